The van der Waals surface area contributed by atoms with Crippen molar-refractivity contribution < 1.29 is 9.21 Å². The van der Waals surface area contributed by atoms with E-state index < -0.39 is 5.63 Å². The number of aryl methyl sites for hydroxylation is 1. The van der Waals surface area contributed by atoms with Crippen LogP contribution in [0.25, 0.3) is 22.2 Å². The van der Waals surface area contributed by atoms with Crippen molar-refractivity contribution in [3.05, 3.63) is 56.7 Å². The number of nitrogens with zero attached hydrogens (tertiary/aromatic N) is 3. The zero-order valence-corrected chi connectivity index (χ0v) is 14.5. The minimum Gasteiger partial charge on any atom is -0.422 e. The molecule has 0 saturated carbocycles. The Morgan fingerprint density at radius 3 is 2.92 bits per heavy atom. The number of hydrogen-bond acceptors (Lipinski definition) is 8. The van der Waals surface area contributed by atoms with Crippen LogP contribution in [0.5, 0.6) is 0 Å². The lowest BCUT2D eigenvalue weighted by Crippen LogP contribution is -2.11. The van der Waals surface area contributed by atoms with Crippen LogP contribution in [0.2, 0.25) is 0 Å². The van der Waals surface area contributed by atoms with Gasteiger partial charge in [0.15, 0.2) is 5.13 Å². The molecule has 3 heterocycles. The molecule has 4 aromatic rings. The first-order valence-electron chi connectivity index (χ1n) is 7.21. The normalized spacial score (nSPS) is 10.9. The van der Waals surface area contributed by atoms with E-state index in [0.717, 1.165) is 16.9 Å². The Balaban J connectivity index is 1.65. The number of benzene rings is 1. The fourth-order valence-corrected chi connectivity index (χ4v) is 3.55. The number of aromatic nitrogens is 3. The average molecular weight is 370 g/mol. The zero-order chi connectivity index (χ0) is 17.4. The maximum atomic E-state index is 12.2. The van der Waals surface area contributed by atoms with Gasteiger partial charge in [-0.1, -0.05) is 22.7 Å². The quantitative estimate of drug-likeness (QED) is 0.556. The highest BCUT2D eigenvalue weighted by Crippen LogP contribution is 2.26. The molecule has 0 unspecified atom stereocenters. The van der Waals surface area contributed by atoms with Crippen molar-refractivity contribution in [2.75, 3.05) is 5.32 Å². The summed E-state index contributed by atoms with van der Waals surface area (Å²) in [6.07, 6.45) is 0. The lowest BCUT2D eigenvalue weighted by molar-refractivity contribution is 0.103. The Morgan fingerprint density at radius 2 is 2.12 bits per heavy atom. The van der Waals surface area contributed by atoms with Gasteiger partial charge in [0.2, 0.25) is 0 Å². The number of rotatable bonds is 3. The van der Waals surface area contributed by atoms with Crippen molar-refractivity contribution in [2.45, 2.75) is 6.92 Å². The minimum absolute atomic E-state index is 0.320. The van der Waals surface area contributed by atoms with Gasteiger partial charge in [-0.05, 0) is 30.6 Å². The predicted octanol–water partition coefficient (Wildman–Crippen LogP) is 3.33. The second kappa shape index (κ2) is 6.19. The molecule has 1 N–H and O–H groups in total. The summed E-state index contributed by atoms with van der Waals surface area (Å²) >= 11 is 2.25. The molecule has 0 aliphatic heterocycles. The van der Waals surface area contributed by atoms with Crippen LogP contribution in [-0.2, 0) is 0 Å². The van der Waals surface area contributed by atoms with E-state index in [0.29, 0.717) is 32.5 Å². The van der Waals surface area contributed by atoms with Gasteiger partial charge in [0, 0.05) is 10.8 Å². The van der Waals surface area contributed by atoms with Crippen molar-refractivity contribution in [1.29, 1.82) is 0 Å². The van der Waals surface area contributed by atoms with Gasteiger partial charge in [-0.15, -0.1) is 16.4 Å². The number of carbonyl (C=O) groups excluding carboxylic acids is 1. The predicted molar refractivity (Wildman–Crippen MR) is 96.2 cm³/mol. The molecular formula is C16H10N4O3S2. The molecule has 0 radical (unpaired) electrons. The van der Waals surface area contributed by atoms with Crippen molar-refractivity contribution in [3.63, 3.8) is 0 Å². The van der Waals surface area contributed by atoms with Crippen molar-refractivity contribution in [2.24, 2.45) is 0 Å². The second-order valence-corrected chi connectivity index (χ2v) is 6.78. The van der Waals surface area contributed by atoms with Gasteiger partial charge >= 0.3 is 5.63 Å². The van der Waals surface area contributed by atoms with Crippen LogP contribution in [0, 0.1) is 6.92 Å². The fourth-order valence-electron chi connectivity index (χ4n) is 2.29. The Bertz CT molecular complexity index is 1150. The summed E-state index contributed by atoms with van der Waals surface area (Å²) in [6.45, 7) is 1.71. The molecule has 25 heavy (non-hydrogen) atoms. The SMILES string of the molecule is Cc1nnsc1C(=O)Nc1nc(-c2cc3ccccc3oc2=O)cs1. The molecule has 7 nitrogen and oxygen atoms in total. The molecule has 0 fully saturated rings. The van der Waals surface area contributed by atoms with Crippen LogP contribution >= 0.6 is 22.9 Å². The second-order valence-electron chi connectivity index (χ2n) is 5.16. The highest BCUT2D eigenvalue weighted by molar-refractivity contribution is 7.14. The molecule has 9 heteroatoms. The Kier molecular flexibility index (Phi) is 3.86. The van der Waals surface area contributed by atoms with E-state index in [1.165, 1.54) is 11.3 Å². The Morgan fingerprint density at radius 1 is 1.28 bits per heavy atom. The fraction of sp³-hybridized carbons (Fsp3) is 0.0625. The lowest BCUT2D eigenvalue weighted by Gasteiger charge is -2.00. The molecular weight excluding hydrogens is 360 g/mol. The molecule has 0 spiro atoms. The van der Waals surface area contributed by atoms with Crippen LogP contribution in [0.1, 0.15) is 15.4 Å². The van der Waals surface area contributed by atoms with Gasteiger partial charge in [-0.25, -0.2) is 9.78 Å². The van der Waals surface area contributed by atoms with Crippen LogP contribution in [0.4, 0.5) is 5.13 Å². The number of thiazole rings is 1. The largest absolute Gasteiger partial charge is 0.422 e. The van der Waals surface area contributed by atoms with Gasteiger partial charge in [0.25, 0.3) is 5.91 Å². The Hall–Kier alpha value is -2.91. The van der Waals surface area contributed by atoms with E-state index in [1.807, 2.05) is 12.1 Å². The van der Waals surface area contributed by atoms with Crippen LogP contribution in [0.15, 0.2) is 44.9 Å². The number of carbonyl (C=O) groups is 1. The summed E-state index contributed by atoms with van der Waals surface area (Å²) in [5.74, 6) is -0.320. The molecule has 1 amide bonds. The van der Waals surface area contributed by atoms with E-state index >= 15 is 0 Å². The number of hydrogen-bond donors (Lipinski definition) is 1. The summed E-state index contributed by atoms with van der Waals surface area (Å²) < 4.78 is 9.06. The summed E-state index contributed by atoms with van der Waals surface area (Å²) in [7, 11) is 0. The third-order valence-corrected chi connectivity index (χ3v) is 5.08. The van der Waals surface area contributed by atoms with E-state index in [4.69, 9.17) is 4.42 Å². The maximum absolute atomic E-state index is 12.2. The molecule has 3 aromatic heterocycles. The first kappa shape index (κ1) is 15.6. The summed E-state index contributed by atoms with van der Waals surface area (Å²) in [5, 5.41) is 9.41. The summed E-state index contributed by atoms with van der Waals surface area (Å²) in [6, 6.07) is 9.00. The summed E-state index contributed by atoms with van der Waals surface area (Å²) in [5.41, 5.74) is 1.43. The lowest BCUT2D eigenvalue weighted by atomic mass is 10.1. The molecule has 1 aromatic carbocycles. The van der Waals surface area contributed by atoms with E-state index in [1.54, 1.807) is 30.5 Å². The average Bonchev–Trinajstić information content (AvgIpc) is 3.23. The van der Waals surface area contributed by atoms with E-state index in [9.17, 15) is 9.59 Å². The molecule has 4 rings (SSSR count). The van der Waals surface area contributed by atoms with Crippen molar-refractivity contribution in [3.8, 4) is 11.3 Å². The van der Waals surface area contributed by atoms with Crippen LogP contribution < -0.4 is 10.9 Å². The van der Waals surface area contributed by atoms with Gasteiger partial charge in [0.1, 0.15) is 10.5 Å². The van der Waals surface area contributed by atoms with Gasteiger partial charge < -0.3 is 4.42 Å². The molecule has 0 aliphatic carbocycles. The standard InChI is InChI=1S/C16H10N4O3S2/c1-8-13(25-20-19-8)14(21)18-16-17-11(7-24-16)10-6-9-4-2-3-5-12(9)23-15(10)22/h2-7H,1H3,(H,17,18,21). The minimum atomic E-state index is -0.468. The number of fused-ring (bicyclic) bond motifs is 1. The highest BCUT2D eigenvalue weighted by Gasteiger charge is 2.16. The van der Waals surface area contributed by atoms with E-state index in [2.05, 4.69) is 19.9 Å². The highest BCUT2D eigenvalue weighted by atomic mass is 32.1. The van der Waals surface area contributed by atoms with Crippen molar-refractivity contribution >= 4 is 44.9 Å². The summed E-state index contributed by atoms with van der Waals surface area (Å²) in [4.78, 5) is 29.1. The van der Waals surface area contributed by atoms with Crippen LogP contribution in [-0.4, -0.2) is 20.5 Å². The van der Waals surface area contributed by atoms with Crippen LogP contribution in [0.3, 0.4) is 0 Å². The number of amides is 1. The zero-order valence-electron chi connectivity index (χ0n) is 12.8. The third kappa shape index (κ3) is 2.94. The topological polar surface area (TPSA) is 98.0 Å². The molecule has 0 aliphatic rings. The smallest absolute Gasteiger partial charge is 0.345 e. The van der Waals surface area contributed by atoms with Gasteiger partial charge in [-0.2, -0.15) is 0 Å². The number of anilines is 1. The Labute approximate surface area is 149 Å². The third-order valence-electron chi connectivity index (χ3n) is 3.50. The van der Waals surface area contributed by atoms with E-state index in [-0.39, 0.29) is 5.91 Å². The molecule has 0 saturated heterocycles. The molecule has 0 bridgehead atoms. The van der Waals surface area contributed by atoms with Gasteiger partial charge in [-0.3, -0.25) is 10.1 Å². The number of para-hydroxylation sites is 1. The molecule has 0 atom stereocenters. The monoisotopic (exact) mass is 370 g/mol. The first-order chi connectivity index (χ1) is 12.1. The first-order valence-corrected chi connectivity index (χ1v) is 8.86. The number of nitrogens with one attached hydrogen (secondary N) is 1. The van der Waals surface area contributed by atoms with Gasteiger partial charge in [0.05, 0.1) is 17.0 Å². The molecule has 124 valence electrons. The van der Waals surface area contributed by atoms with Crippen molar-refractivity contribution in [1.82, 2.24) is 14.6 Å². The maximum Gasteiger partial charge on any atom is 0.345 e.